The maximum absolute atomic E-state index is 13.5. The Labute approximate surface area is 149 Å². The molecule has 0 fully saturated rings. The Bertz CT molecular complexity index is 878. The minimum absolute atomic E-state index is 0.0573. The number of para-hydroxylation sites is 1. The second-order valence-corrected chi connectivity index (χ2v) is 6.75. The van der Waals surface area contributed by atoms with Crippen LogP contribution in [0, 0.1) is 11.6 Å². The van der Waals surface area contributed by atoms with Gasteiger partial charge in [0, 0.05) is 15.4 Å². The summed E-state index contributed by atoms with van der Waals surface area (Å²) in [6, 6.07) is 11.1. The number of amides is 1. The molecule has 2 aromatic carbocycles. The van der Waals surface area contributed by atoms with Crippen molar-refractivity contribution in [2.24, 2.45) is 0 Å². The zero-order valence-electron chi connectivity index (χ0n) is 12.2. The van der Waals surface area contributed by atoms with Gasteiger partial charge in [-0.1, -0.05) is 34.1 Å². The van der Waals surface area contributed by atoms with Crippen LogP contribution in [-0.4, -0.2) is 10.9 Å². The summed E-state index contributed by atoms with van der Waals surface area (Å²) in [6.45, 7) is 0. The molecule has 0 atom stereocenters. The van der Waals surface area contributed by atoms with Crippen molar-refractivity contribution in [1.29, 1.82) is 0 Å². The van der Waals surface area contributed by atoms with E-state index in [-0.39, 0.29) is 6.42 Å². The number of halogens is 3. The lowest BCUT2D eigenvalue weighted by molar-refractivity contribution is -0.115. The molecule has 1 amide bonds. The van der Waals surface area contributed by atoms with E-state index >= 15 is 0 Å². The van der Waals surface area contributed by atoms with E-state index in [2.05, 4.69) is 26.2 Å². The van der Waals surface area contributed by atoms with Gasteiger partial charge >= 0.3 is 0 Å². The summed E-state index contributed by atoms with van der Waals surface area (Å²) in [4.78, 5) is 16.4. The first-order valence-electron chi connectivity index (χ1n) is 6.97. The third kappa shape index (κ3) is 3.85. The third-order valence-electron chi connectivity index (χ3n) is 3.19. The molecule has 0 saturated heterocycles. The third-order valence-corrected chi connectivity index (χ3v) is 4.63. The number of carbonyl (C=O) groups excluding carboxylic acids is 1. The highest BCUT2D eigenvalue weighted by Gasteiger charge is 2.14. The van der Waals surface area contributed by atoms with E-state index in [1.54, 1.807) is 5.38 Å². The van der Waals surface area contributed by atoms with Crippen LogP contribution in [0.3, 0.4) is 0 Å². The van der Waals surface area contributed by atoms with Crippen LogP contribution in [0.5, 0.6) is 0 Å². The molecule has 0 bridgehead atoms. The Morgan fingerprint density at radius 1 is 1.17 bits per heavy atom. The van der Waals surface area contributed by atoms with Crippen LogP contribution in [0.1, 0.15) is 5.69 Å². The molecule has 0 saturated carbocycles. The summed E-state index contributed by atoms with van der Waals surface area (Å²) in [6.07, 6.45) is -0.0573. The second kappa shape index (κ2) is 7.19. The normalized spacial score (nSPS) is 10.6. The van der Waals surface area contributed by atoms with Crippen molar-refractivity contribution in [3.8, 4) is 10.6 Å². The SMILES string of the molecule is O=C(Cc1csc(-c2cccc(Br)c2)n1)Nc1c(F)cccc1F. The number of nitrogens with zero attached hydrogens (tertiary/aromatic N) is 1. The Balaban J connectivity index is 1.72. The Kier molecular flexibility index (Phi) is 5.01. The zero-order chi connectivity index (χ0) is 17.1. The number of hydrogen-bond donors (Lipinski definition) is 1. The number of rotatable bonds is 4. The highest BCUT2D eigenvalue weighted by molar-refractivity contribution is 9.10. The molecule has 0 spiro atoms. The van der Waals surface area contributed by atoms with E-state index in [0.717, 1.165) is 27.2 Å². The monoisotopic (exact) mass is 408 g/mol. The molecule has 0 aliphatic carbocycles. The van der Waals surface area contributed by atoms with Crippen LogP contribution < -0.4 is 5.32 Å². The smallest absolute Gasteiger partial charge is 0.230 e. The molecule has 0 aliphatic heterocycles. The number of nitrogens with one attached hydrogen (secondary N) is 1. The molecule has 3 aromatic rings. The minimum Gasteiger partial charge on any atom is -0.321 e. The maximum Gasteiger partial charge on any atom is 0.230 e. The highest BCUT2D eigenvalue weighted by Crippen LogP contribution is 2.26. The van der Waals surface area contributed by atoms with Crippen LogP contribution in [0.4, 0.5) is 14.5 Å². The van der Waals surface area contributed by atoms with Crippen LogP contribution in [0.25, 0.3) is 10.6 Å². The number of aromatic nitrogens is 1. The van der Waals surface area contributed by atoms with Gasteiger partial charge < -0.3 is 5.32 Å². The predicted molar refractivity (Wildman–Crippen MR) is 93.9 cm³/mol. The van der Waals surface area contributed by atoms with Gasteiger partial charge in [-0.3, -0.25) is 4.79 Å². The highest BCUT2D eigenvalue weighted by atomic mass is 79.9. The quantitative estimate of drug-likeness (QED) is 0.657. The Morgan fingerprint density at radius 3 is 2.58 bits per heavy atom. The fourth-order valence-electron chi connectivity index (χ4n) is 2.11. The summed E-state index contributed by atoms with van der Waals surface area (Å²) in [5.41, 5.74) is 1.04. The molecule has 0 radical (unpaired) electrons. The molecular formula is C17H11BrF2N2OS. The van der Waals surface area contributed by atoms with Gasteiger partial charge in [-0.2, -0.15) is 0 Å². The van der Waals surface area contributed by atoms with E-state index in [1.165, 1.54) is 17.4 Å². The fraction of sp³-hybridized carbons (Fsp3) is 0.0588. The van der Waals surface area contributed by atoms with Crippen LogP contribution in [-0.2, 0) is 11.2 Å². The molecule has 7 heteroatoms. The lowest BCUT2D eigenvalue weighted by Gasteiger charge is -2.06. The molecule has 1 aromatic heterocycles. The van der Waals surface area contributed by atoms with Gasteiger partial charge in [0.25, 0.3) is 0 Å². The molecule has 1 N–H and O–H groups in total. The van der Waals surface area contributed by atoms with Crippen LogP contribution >= 0.6 is 27.3 Å². The van der Waals surface area contributed by atoms with Crippen LogP contribution in [0.15, 0.2) is 52.3 Å². The number of benzene rings is 2. The average molecular weight is 409 g/mol. The van der Waals surface area contributed by atoms with Gasteiger partial charge in [-0.05, 0) is 24.3 Å². The molecular weight excluding hydrogens is 398 g/mol. The largest absolute Gasteiger partial charge is 0.321 e. The van der Waals surface area contributed by atoms with Crippen molar-refractivity contribution in [2.75, 3.05) is 5.32 Å². The van der Waals surface area contributed by atoms with E-state index < -0.39 is 23.2 Å². The van der Waals surface area contributed by atoms with Gasteiger partial charge in [-0.15, -0.1) is 11.3 Å². The van der Waals surface area contributed by atoms with Gasteiger partial charge in [0.2, 0.25) is 5.91 Å². The van der Waals surface area contributed by atoms with Crippen molar-refractivity contribution >= 4 is 38.9 Å². The summed E-state index contributed by atoms with van der Waals surface area (Å²) < 4.78 is 28.0. The first kappa shape index (κ1) is 16.7. The molecule has 0 aliphatic rings. The molecule has 3 rings (SSSR count). The summed E-state index contributed by atoms with van der Waals surface area (Å²) in [5.74, 6) is -2.14. The van der Waals surface area contributed by atoms with Crippen molar-refractivity contribution in [1.82, 2.24) is 4.98 Å². The number of hydrogen-bond acceptors (Lipinski definition) is 3. The van der Waals surface area contributed by atoms with E-state index in [0.29, 0.717) is 5.69 Å². The predicted octanol–water partition coefficient (Wildman–Crippen LogP) is 5.03. The lowest BCUT2D eigenvalue weighted by Crippen LogP contribution is -2.16. The number of thiazole rings is 1. The zero-order valence-corrected chi connectivity index (χ0v) is 14.6. The Morgan fingerprint density at radius 2 is 1.88 bits per heavy atom. The maximum atomic E-state index is 13.5. The molecule has 24 heavy (non-hydrogen) atoms. The first-order chi connectivity index (χ1) is 11.5. The van der Waals surface area contributed by atoms with Gasteiger partial charge in [0.15, 0.2) is 0 Å². The van der Waals surface area contributed by atoms with Crippen molar-refractivity contribution in [3.63, 3.8) is 0 Å². The molecule has 3 nitrogen and oxygen atoms in total. The topological polar surface area (TPSA) is 42.0 Å². The van der Waals surface area contributed by atoms with Crippen molar-refractivity contribution in [3.05, 3.63) is 69.6 Å². The van der Waals surface area contributed by atoms with E-state index in [1.807, 2.05) is 24.3 Å². The van der Waals surface area contributed by atoms with E-state index in [4.69, 9.17) is 0 Å². The van der Waals surface area contributed by atoms with E-state index in [9.17, 15) is 13.6 Å². The molecule has 0 unspecified atom stereocenters. The van der Waals surface area contributed by atoms with Crippen LogP contribution in [0.2, 0.25) is 0 Å². The van der Waals surface area contributed by atoms with Crippen molar-refractivity contribution < 1.29 is 13.6 Å². The summed E-state index contributed by atoms with van der Waals surface area (Å²) >= 11 is 4.80. The standard InChI is InChI=1S/C17H11BrF2N2OS/c18-11-4-1-3-10(7-11)17-21-12(9-24-17)8-15(23)22-16-13(19)5-2-6-14(16)20/h1-7,9H,8H2,(H,22,23). The molecule has 1 heterocycles. The summed E-state index contributed by atoms with van der Waals surface area (Å²) in [5, 5.41) is 4.79. The first-order valence-corrected chi connectivity index (χ1v) is 8.64. The number of carbonyl (C=O) groups is 1. The van der Waals surface area contributed by atoms with Crippen molar-refractivity contribution in [2.45, 2.75) is 6.42 Å². The lowest BCUT2D eigenvalue weighted by atomic mass is 10.2. The number of anilines is 1. The van der Waals surface area contributed by atoms with Gasteiger partial charge in [0.05, 0.1) is 12.1 Å². The van der Waals surface area contributed by atoms with Gasteiger partial charge in [0.1, 0.15) is 22.3 Å². The summed E-state index contributed by atoms with van der Waals surface area (Å²) in [7, 11) is 0. The fourth-order valence-corrected chi connectivity index (χ4v) is 3.32. The van der Waals surface area contributed by atoms with Gasteiger partial charge in [-0.25, -0.2) is 13.8 Å². The average Bonchev–Trinajstić information content (AvgIpc) is 2.99. The minimum atomic E-state index is -0.809. The Hall–Kier alpha value is -2.12. The second-order valence-electron chi connectivity index (χ2n) is 4.98. The molecule has 122 valence electrons.